The molecule has 0 spiro atoms. The molecule has 2 rings (SSSR count). The van der Waals surface area contributed by atoms with Crippen molar-refractivity contribution >= 4 is 11.9 Å². The number of carbonyl (C=O) groups is 2. The maximum absolute atomic E-state index is 13.7. The third-order valence-corrected chi connectivity index (χ3v) is 5.64. The molecule has 0 bridgehead atoms. The molecule has 0 saturated carbocycles. The monoisotopic (exact) mass is 462 g/mol. The lowest BCUT2D eigenvalue weighted by molar-refractivity contribution is -0.151. The predicted molar refractivity (Wildman–Crippen MR) is 120 cm³/mol. The van der Waals surface area contributed by atoms with Crippen LogP contribution in [0, 0.1) is 11.7 Å². The maximum atomic E-state index is 13.7. The van der Waals surface area contributed by atoms with E-state index in [2.05, 4.69) is 10.3 Å². The van der Waals surface area contributed by atoms with E-state index in [1.54, 1.807) is 13.0 Å². The molecule has 0 aliphatic rings. The van der Waals surface area contributed by atoms with Gasteiger partial charge in [-0.1, -0.05) is 26.3 Å². The maximum Gasteiger partial charge on any atom is 0.328 e. The number of aromatic hydroxyl groups is 1. The Kier molecular flexibility index (Phi) is 9.02. The Balaban J connectivity index is 2.17. The number of methoxy groups -OCH3 is 2. The summed E-state index contributed by atoms with van der Waals surface area (Å²) in [6.07, 6.45) is 1.51. The van der Waals surface area contributed by atoms with E-state index in [0.717, 1.165) is 12.0 Å². The zero-order chi connectivity index (χ0) is 24.7. The van der Waals surface area contributed by atoms with E-state index < -0.39 is 35.6 Å². The van der Waals surface area contributed by atoms with Gasteiger partial charge in [-0.2, -0.15) is 0 Å². The third kappa shape index (κ3) is 6.12. The molecule has 2 N–H and O–H groups in total. The Labute approximate surface area is 193 Å². The Morgan fingerprint density at radius 3 is 2.39 bits per heavy atom. The Morgan fingerprint density at radius 2 is 1.79 bits per heavy atom. The number of aromatic nitrogens is 1. The number of nitrogens with zero attached hydrogens (tertiary/aromatic N) is 1. The van der Waals surface area contributed by atoms with Crippen LogP contribution in [0.1, 0.15) is 56.1 Å². The molecule has 1 aromatic heterocycles. The molecule has 0 saturated heterocycles. The minimum atomic E-state index is -1.01. The first-order chi connectivity index (χ1) is 15.6. The molecule has 1 heterocycles. The average Bonchev–Trinajstić information content (AvgIpc) is 2.79. The number of hydrogen-bond acceptors (Lipinski definition) is 7. The zero-order valence-electron chi connectivity index (χ0n) is 19.7. The standard InChI is InChI=1S/C24H31FN2O6/c1-7-13(2)20(17-9-8-16(25)12-19(17)32-6)15(4)33-24(30)14(3)27-23(29)21-22(28)18(31-5)10-11-26-21/h8-15,20,28H,7H2,1-6H3,(H,27,29)/t13?,14-,15-,20+/m0/s1. The number of pyridine rings is 1. The SMILES string of the molecule is CCC(C)[C@@H](c1ccc(F)cc1OC)[C@H](C)OC(=O)[C@H](C)NC(=O)c1nccc(OC)c1O. The summed E-state index contributed by atoms with van der Waals surface area (Å²) in [5.74, 6) is -1.96. The van der Waals surface area contributed by atoms with Gasteiger partial charge in [-0.15, -0.1) is 0 Å². The highest BCUT2D eigenvalue weighted by Gasteiger charge is 2.32. The Bertz CT molecular complexity index is 983. The fourth-order valence-corrected chi connectivity index (χ4v) is 3.69. The fourth-order valence-electron chi connectivity index (χ4n) is 3.69. The second-order valence-electron chi connectivity index (χ2n) is 7.85. The number of halogens is 1. The van der Waals surface area contributed by atoms with Crippen molar-refractivity contribution in [2.45, 2.75) is 52.2 Å². The number of carbonyl (C=O) groups excluding carboxylic acids is 2. The summed E-state index contributed by atoms with van der Waals surface area (Å²) in [5.41, 5.74) is 0.464. The number of ether oxygens (including phenoxy) is 3. The van der Waals surface area contributed by atoms with Crippen LogP contribution in [0.15, 0.2) is 30.5 Å². The summed E-state index contributed by atoms with van der Waals surface area (Å²) in [6, 6.07) is 4.68. The van der Waals surface area contributed by atoms with E-state index in [-0.39, 0.29) is 23.3 Å². The quantitative estimate of drug-likeness (QED) is 0.517. The van der Waals surface area contributed by atoms with Crippen LogP contribution in [0.5, 0.6) is 17.2 Å². The van der Waals surface area contributed by atoms with Gasteiger partial charge in [0.25, 0.3) is 5.91 Å². The highest BCUT2D eigenvalue weighted by atomic mass is 19.1. The van der Waals surface area contributed by atoms with Crippen LogP contribution >= 0.6 is 0 Å². The van der Waals surface area contributed by atoms with E-state index in [4.69, 9.17) is 14.2 Å². The lowest BCUT2D eigenvalue weighted by Gasteiger charge is -2.31. The summed E-state index contributed by atoms with van der Waals surface area (Å²) < 4.78 is 29.7. The van der Waals surface area contributed by atoms with Crippen molar-refractivity contribution in [1.29, 1.82) is 0 Å². The number of amides is 1. The lowest BCUT2D eigenvalue weighted by Crippen LogP contribution is -2.42. The van der Waals surface area contributed by atoms with Gasteiger partial charge in [0.05, 0.1) is 14.2 Å². The molecule has 8 nitrogen and oxygen atoms in total. The van der Waals surface area contributed by atoms with Gasteiger partial charge in [0.2, 0.25) is 0 Å². The Morgan fingerprint density at radius 1 is 1.12 bits per heavy atom. The molecule has 4 atom stereocenters. The largest absolute Gasteiger partial charge is 0.503 e. The molecular formula is C24H31FN2O6. The molecular weight excluding hydrogens is 431 g/mol. The van der Waals surface area contributed by atoms with Crippen molar-refractivity contribution in [1.82, 2.24) is 10.3 Å². The predicted octanol–water partition coefficient (Wildman–Crippen LogP) is 3.82. The molecule has 180 valence electrons. The number of esters is 1. The van der Waals surface area contributed by atoms with E-state index in [9.17, 15) is 19.1 Å². The molecule has 33 heavy (non-hydrogen) atoms. The van der Waals surface area contributed by atoms with Gasteiger partial charge in [-0.3, -0.25) is 4.79 Å². The van der Waals surface area contributed by atoms with Gasteiger partial charge < -0.3 is 24.6 Å². The molecule has 0 fully saturated rings. The van der Waals surface area contributed by atoms with Crippen LogP contribution in [-0.2, 0) is 9.53 Å². The van der Waals surface area contributed by atoms with Gasteiger partial charge in [-0.25, -0.2) is 14.2 Å². The highest BCUT2D eigenvalue weighted by Crippen LogP contribution is 2.37. The highest BCUT2D eigenvalue weighted by molar-refractivity contribution is 5.97. The zero-order valence-corrected chi connectivity index (χ0v) is 19.7. The van der Waals surface area contributed by atoms with Crippen molar-refractivity contribution in [3.63, 3.8) is 0 Å². The Hall–Kier alpha value is -3.36. The molecule has 0 aliphatic heterocycles. The second-order valence-corrected chi connectivity index (χ2v) is 7.85. The minimum Gasteiger partial charge on any atom is -0.503 e. The first-order valence-electron chi connectivity index (χ1n) is 10.7. The summed E-state index contributed by atoms with van der Waals surface area (Å²) >= 11 is 0. The van der Waals surface area contributed by atoms with Crippen molar-refractivity contribution in [2.24, 2.45) is 5.92 Å². The average molecular weight is 463 g/mol. The molecule has 2 aromatic rings. The van der Waals surface area contributed by atoms with Gasteiger partial charge in [0.1, 0.15) is 23.7 Å². The number of rotatable bonds is 10. The lowest BCUT2D eigenvalue weighted by atomic mass is 9.81. The van der Waals surface area contributed by atoms with Crippen molar-refractivity contribution in [3.05, 3.63) is 47.5 Å². The van der Waals surface area contributed by atoms with Gasteiger partial charge in [0.15, 0.2) is 17.2 Å². The topological polar surface area (TPSA) is 107 Å². The summed E-state index contributed by atoms with van der Waals surface area (Å²) in [7, 11) is 2.81. The van der Waals surface area contributed by atoms with E-state index >= 15 is 0 Å². The van der Waals surface area contributed by atoms with Crippen LogP contribution in [-0.4, -0.2) is 48.3 Å². The van der Waals surface area contributed by atoms with Crippen molar-refractivity contribution in [2.75, 3.05) is 14.2 Å². The van der Waals surface area contributed by atoms with E-state index in [1.165, 1.54) is 45.5 Å². The molecule has 9 heteroatoms. The van der Waals surface area contributed by atoms with E-state index in [0.29, 0.717) is 5.75 Å². The molecule has 1 unspecified atom stereocenters. The van der Waals surface area contributed by atoms with Crippen LogP contribution in [0.4, 0.5) is 4.39 Å². The van der Waals surface area contributed by atoms with Gasteiger partial charge in [-0.05, 0) is 25.8 Å². The molecule has 0 radical (unpaired) electrons. The summed E-state index contributed by atoms with van der Waals surface area (Å²) in [5, 5.41) is 12.6. The number of hydrogen-bond donors (Lipinski definition) is 2. The first-order valence-corrected chi connectivity index (χ1v) is 10.7. The smallest absolute Gasteiger partial charge is 0.328 e. The van der Waals surface area contributed by atoms with Crippen LogP contribution in [0.2, 0.25) is 0 Å². The molecule has 1 aromatic carbocycles. The normalized spacial score (nSPS) is 14.5. The minimum absolute atomic E-state index is 0.0867. The van der Waals surface area contributed by atoms with Crippen molar-refractivity contribution in [3.8, 4) is 17.2 Å². The van der Waals surface area contributed by atoms with E-state index in [1.807, 2.05) is 13.8 Å². The number of nitrogens with one attached hydrogen (secondary N) is 1. The summed E-state index contributed by atoms with van der Waals surface area (Å²) in [6.45, 7) is 7.25. The van der Waals surface area contributed by atoms with Crippen molar-refractivity contribution < 1.29 is 33.3 Å². The van der Waals surface area contributed by atoms with Gasteiger partial charge >= 0.3 is 5.97 Å². The molecule has 0 aliphatic carbocycles. The number of benzene rings is 1. The van der Waals surface area contributed by atoms with Crippen LogP contribution in [0.25, 0.3) is 0 Å². The van der Waals surface area contributed by atoms with Gasteiger partial charge in [0, 0.05) is 29.8 Å². The third-order valence-electron chi connectivity index (χ3n) is 5.64. The fraction of sp³-hybridized carbons (Fsp3) is 0.458. The molecule has 1 amide bonds. The summed E-state index contributed by atoms with van der Waals surface area (Å²) in [4.78, 5) is 29.1. The van der Waals surface area contributed by atoms with Crippen LogP contribution in [0.3, 0.4) is 0 Å². The van der Waals surface area contributed by atoms with Crippen LogP contribution < -0.4 is 14.8 Å². The first kappa shape index (κ1) is 25.9. The second kappa shape index (κ2) is 11.5.